The van der Waals surface area contributed by atoms with Crippen molar-refractivity contribution in [3.05, 3.63) is 59.7 Å². The van der Waals surface area contributed by atoms with Crippen LogP contribution in [-0.2, 0) is 4.79 Å². The van der Waals surface area contributed by atoms with Crippen LogP contribution in [0.3, 0.4) is 0 Å². The number of rotatable bonds is 13. The fourth-order valence-electron chi connectivity index (χ4n) is 5.29. The summed E-state index contributed by atoms with van der Waals surface area (Å²) in [6.07, 6.45) is 9.12. The summed E-state index contributed by atoms with van der Waals surface area (Å²) in [4.78, 5) is 43.1. The van der Waals surface area contributed by atoms with Crippen molar-refractivity contribution >= 4 is 23.4 Å². The maximum atomic E-state index is 12.6. The number of hydrogen-bond donors (Lipinski definition) is 0. The smallest absolute Gasteiger partial charge is 0.261 e. The summed E-state index contributed by atoms with van der Waals surface area (Å²) < 4.78 is 5.48. The molecule has 3 amide bonds. The highest BCUT2D eigenvalue weighted by molar-refractivity contribution is 6.21. The monoisotopic (exact) mass is 505 g/mol. The number of ether oxygens (including phenoxy) is 1. The summed E-state index contributed by atoms with van der Waals surface area (Å²) in [7, 11) is 1.69. The molecular weight excluding hydrogens is 466 g/mol. The number of imide groups is 1. The van der Waals surface area contributed by atoms with Gasteiger partial charge in [0.2, 0.25) is 5.91 Å². The Morgan fingerprint density at radius 3 is 1.89 bits per heavy atom. The first-order valence-corrected chi connectivity index (χ1v) is 13.7. The number of carbonyl (C=O) groups excluding carboxylic acids is 3. The van der Waals surface area contributed by atoms with Gasteiger partial charge < -0.3 is 14.5 Å². The number of piperazine rings is 1. The maximum absolute atomic E-state index is 12.6. The van der Waals surface area contributed by atoms with Gasteiger partial charge in [-0.05, 0) is 37.1 Å². The Balaban J connectivity index is 1.01. The molecule has 2 aromatic rings. The van der Waals surface area contributed by atoms with Gasteiger partial charge in [-0.3, -0.25) is 19.3 Å². The molecule has 0 N–H and O–H groups in total. The van der Waals surface area contributed by atoms with Crippen molar-refractivity contribution in [1.29, 1.82) is 0 Å². The van der Waals surface area contributed by atoms with Gasteiger partial charge in [-0.2, -0.15) is 0 Å². The number of unbranched alkanes of at least 4 members (excludes halogenated alkanes) is 7. The average Bonchev–Trinajstić information content (AvgIpc) is 3.18. The van der Waals surface area contributed by atoms with Crippen LogP contribution in [0.1, 0.15) is 78.5 Å². The molecule has 2 aliphatic rings. The van der Waals surface area contributed by atoms with Crippen molar-refractivity contribution in [3.63, 3.8) is 0 Å². The van der Waals surface area contributed by atoms with Gasteiger partial charge in [0, 0.05) is 39.1 Å². The molecule has 0 aromatic heterocycles. The van der Waals surface area contributed by atoms with Crippen molar-refractivity contribution < 1.29 is 19.1 Å². The number of amides is 3. The topological polar surface area (TPSA) is 70.2 Å². The SMILES string of the molecule is COc1ccccc1N1CCN(C(=O)CCCCCCCCCCN2C(=O)c3ccccc3C2=O)CC1. The van der Waals surface area contributed by atoms with E-state index in [0.29, 0.717) is 24.1 Å². The van der Waals surface area contributed by atoms with E-state index in [9.17, 15) is 14.4 Å². The minimum atomic E-state index is -0.159. The Labute approximate surface area is 220 Å². The zero-order valence-corrected chi connectivity index (χ0v) is 22.0. The van der Waals surface area contributed by atoms with Crippen LogP contribution < -0.4 is 9.64 Å². The van der Waals surface area contributed by atoms with E-state index in [-0.39, 0.29) is 17.7 Å². The summed E-state index contributed by atoms with van der Waals surface area (Å²) in [6, 6.07) is 15.1. The Hall–Kier alpha value is -3.35. The predicted octanol–water partition coefficient (Wildman–Crippen LogP) is 5.15. The minimum absolute atomic E-state index is 0.159. The largest absolute Gasteiger partial charge is 0.495 e. The molecule has 0 atom stereocenters. The van der Waals surface area contributed by atoms with Crippen LogP contribution in [0, 0.1) is 0 Å². The van der Waals surface area contributed by atoms with Gasteiger partial charge >= 0.3 is 0 Å². The van der Waals surface area contributed by atoms with Crippen molar-refractivity contribution in [2.75, 3.05) is 44.7 Å². The van der Waals surface area contributed by atoms with E-state index in [2.05, 4.69) is 11.0 Å². The molecule has 2 aliphatic heterocycles. The van der Waals surface area contributed by atoms with Gasteiger partial charge in [-0.25, -0.2) is 0 Å². The highest BCUT2D eigenvalue weighted by Crippen LogP contribution is 2.28. The van der Waals surface area contributed by atoms with Crippen LogP contribution in [0.4, 0.5) is 5.69 Å². The van der Waals surface area contributed by atoms with Crippen LogP contribution in [-0.4, -0.2) is 67.4 Å². The zero-order valence-electron chi connectivity index (χ0n) is 22.0. The van der Waals surface area contributed by atoms with Crippen molar-refractivity contribution in [2.24, 2.45) is 0 Å². The van der Waals surface area contributed by atoms with E-state index in [1.54, 1.807) is 31.4 Å². The van der Waals surface area contributed by atoms with Crippen molar-refractivity contribution in [2.45, 2.75) is 57.8 Å². The first kappa shape index (κ1) is 26.7. The molecule has 7 heteroatoms. The van der Waals surface area contributed by atoms with E-state index < -0.39 is 0 Å². The standard InChI is InChI=1S/C30H39N3O4/c1-37-27-17-12-11-16-26(27)31-20-22-32(23-21-31)28(34)18-8-6-4-2-3-5-7-13-19-33-29(35)24-14-9-10-15-25(24)30(33)36/h9-12,14-17H,2-8,13,18-23H2,1H3. The second-order valence-electron chi connectivity index (χ2n) is 9.93. The molecule has 2 aromatic carbocycles. The maximum Gasteiger partial charge on any atom is 0.261 e. The lowest BCUT2D eigenvalue weighted by molar-refractivity contribution is -0.131. The molecule has 0 radical (unpaired) electrons. The average molecular weight is 506 g/mol. The number of fused-ring (bicyclic) bond motifs is 1. The molecule has 198 valence electrons. The third kappa shape index (κ3) is 6.70. The van der Waals surface area contributed by atoms with E-state index in [1.807, 2.05) is 23.1 Å². The van der Waals surface area contributed by atoms with E-state index >= 15 is 0 Å². The normalized spacial score (nSPS) is 15.3. The van der Waals surface area contributed by atoms with Crippen molar-refractivity contribution in [3.8, 4) is 5.75 Å². The van der Waals surface area contributed by atoms with Gasteiger partial charge in [0.15, 0.2) is 0 Å². The molecule has 7 nitrogen and oxygen atoms in total. The third-order valence-electron chi connectivity index (χ3n) is 7.46. The fourth-order valence-corrected chi connectivity index (χ4v) is 5.29. The molecular formula is C30H39N3O4. The molecule has 1 fully saturated rings. The summed E-state index contributed by atoms with van der Waals surface area (Å²) in [5.74, 6) is 0.833. The first-order valence-electron chi connectivity index (χ1n) is 13.7. The molecule has 0 bridgehead atoms. The van der Waals surface area contributed by atoms with E-state index in [1.165, 1.54) is 11.3 Å². The Morgan fingerprint density at radius 1 is 0.730 bits per heavy atom. The number of hydrogen-bond acceptors (Lipinski definition) is 5. The first-order chi connectivity index (χ1) is 18.1. The summed E-state index contributed by atoms with van der Waals surface area (Å²) in [5, 5.41) is 0. The third-order valence-corrected chi connectivity index (χ3v) is 7.46. The van der Waals surface area contributed by atoms with Gasteiger partial charge in [0.25, 0.3) is 11.8 Å². The highest BCUT2D eigenvalue weighted by atomic mass is 16.5. The van der Waals surface area contributed by atoms with Gasteiger partial charge in [0.1, 0.15) is 5.75 Å². The lowest BCUT2D eigenvalue weighted by Crippen LogP contribution is -2.48. The molecule has 0 spiro atoms. The lowest BCUT2D eigenvalue weighted by atomic mass is 10.1. The minimum Gasteiger partial charge on any atom is -0.495 e. The van der Waals surface area contributed by atoms with Crippen LogP contribution in [0.25, 0.3) is 0 Å². The summed E-state index contributed by atoms with van der Waals surface area (Å²) in [5.41, 5.74) is 2.16. The Bertz CT molecular complexity index is 1040. The molecule has 0 unspecified atom stereocenters. The predicted molar refractivity (Wildman–Crippen MR) is 145 cm³/mol. The van der Waals surface area contributed by atoms with Crippen LogP contribution >= 0.6 is 0 Å². The Morgan fingerprint density at radius 2 is 1.27 bits per heavy atom. The number of anilines is 1. The fraction of sp³-hybridized carbons (Fsp3) is 0.500. The molecule has 1 saturated heterocycles. The summed E-state index contributed by atoms with van der Waals surface area (Å²) >= 11 is 0. The van der Waals surface area contributed by atoms with E-state index in [0.717, 1.165) is 82.6 Å². The van der Waals surface area contributed by atoms with Gasteiger partial charge in [-0.1, -0.05) is 62.8 Å². The number of methoxy groups -OCH3 is 1. The highest BCUT2D eigenvalue weighted by Gasteiger charge is 2.34. The molecule has 4 rings (SSSR count). The van der Waals surface area contributed by atoms with Crippen molar-refractivity contribution in [1.82, 2.24) is 9.80 Å². The van der Waals surface area contributed by atoms with Crippen LogP contribution in [0.2, 0.25) is 0 Å². The molecule has 37 heavy (non-hydrogen) atoms. The number of benzene rings is 2. The Kier molecular flexibility index (Phi) is 9.58. The molecule has 0 aliphatic carbocycles. The second-order valence-corrected chi connectivity index (χ2v) is 9.93. The summed E-state index contributed by atoms with van der Waals surface area (Å²) in [6.45, 7) is 3.69. The second kappa shape index (κ2) is 13.3. The van der Waals surface area contributed by atoms with Crippen LogP contribution in [0.5, 0.6) is 5.75 Å². The number of carbonyl (C=O) groups is 3. The van der Waals surface area contributed by atoms with Gasteiger partial charge in [-0.15, -0.1) is 0 Å². The zero-order chi connectivity index (χ0) is 26.0. The quantitative estimate of drug-likeness (QED) is 0.278. The number of para-hydroxylation sites is 2. The number of nitrogens with zero attached hydrogens (tertiary/aromatic N) is 3. The van der Waals surface area contributed by atoms with Crippen LogP contribution in [0.15, 0.2) is 48.5 Å². The lowest BCUT2D eigenvalue weighted by Gasteiger charge is -2.36. The van der Waals surface area contributed by atoms with Gasteiger partial charge in [0.05, 0.1) is 23.9 Å². The molecule has 0 saturated carbocycles. The molecule has 2 heterocycles. The van der Waals surface area contributed by atoms with E-state index in [4.69, 9.17) is 4.74 Å².